The van der Waals surface area contributed by atoms with Crippen LogP contribution in [-0.2, 0) is 0 Å². The van der Waals surface area contributed by atoms with E-state index in [2.05, 4.69) is 48.5 Å². The van der Waals surface area contributed by atoms with Gasteiger partial charge in [0.05, 0.1) is 0 Å². The van der Waals surface area contributed by atoms with Crippen LogP contribution in [0.3, 0.4) is 0 Å². The molecule has 0 unspecified atom stereocenters. The zero-order chi connectivity index (χ0) is 20.8. The first-order valence-electron chi connectivity index (χ1n) is 10.0. The van der Waals surface area contributed by atoms with Gasteiger partial charge in [-0.3, -0.25) is 0 Å². The van der Waals surface area contributed by atoms with E-state index in [9.17, 15) is 0 Å². The van der Waals surface area contributed by atoms with Crippen molar-refractivity contribution in [2.24, 2.45) is 0 Å². The Kier molecular flexibility index (Phi) is 6.69. The van der Waals surface area contributed by atoms with Crippen LogP contribution in [0, 0.1) is 0 Å². The van der Waals surface area contributed by atoms with Crippen LogP contribution in [0.15, 0.2) is 131 Å². The van der Waals surface area contributed by atoms with Gasteiger partial charge in [0.1, 0.15) is 0 Å². The fraction of sp³-hybridized carbons (Fsp3) is 0.0714. The van der Waals surface area contributed by atoms with Crippen molar-refractivity contribution in [1.82, 2.24) is 0 Å². The topological polar surface area (TPSA) is 0 Å². The summed E-state index contributed by atoms with van der Waals surface area (Å²) in [5, 5.41) is 1.29. The van der Waals surface area contributed by atoms with Gasteiger partial charge >= 0.3 is 0 Å². The highest BCUT2D eigenvalue weighted by Gasteiger charge is 2.26. The van der Waals surface area contributed by atoms with E-state index in [1.807, 2.05) is 72.8 Å². The van der Waals surface area contributed by atoms with Crippen LogP contribution in [-0.4, -0.2) is 0 Å². The smallest absolute Gasteiger partial charge is 0.0459 e. The molecule has 0 saturated carbocycles. The molecule has 0 saturated heterocycles. The summed E-state index contributed by atoms with van der Waals surface area (Å²) in [7, 11) is 0. The molecule has 0 nitrogen and oxygen atoms in total. The van der Waals surface area contributed by atoms with E-state index in [1.54, 1.807) is 0 Å². The maximum atomic E-state index is 7.11. The molecule has 0 N–H and O–H groups in total. The van der Waals surface area contributed by atoms with Crippen LogP contribution in [0.2, 0.25) is 0 Å². The highest BCUT2D eigenvalue weighted by molar-refractivity contribution is 6.40. The lowest BCUT2D eigenvalue weighted by Gasteiger charge is -2.24. The minimum absolute atomic E-state index is 0.128. The molecule has 0 aliphatic heterocycles. The molecule has 0 aliphatic rings. The fourth-order valence-electron chi connectivity index (χ4n) is 3.83. The summed E-state index contributed by atoms with van der Waals surface area (Å²) in [4.78, 5) is 0. The van der Waals surface area contributed by atoms with Gasteiger partial charge in [-0.25, -0.2) is 0 Å². The lowest BCUT2D eigenvalue weighted by Crippen LogP contribution is -2.08. The van der Waals surface area contributed by atoms with Crippen molar-refractivity contribution < 1.29 is 0 Å². The third kappa shape index (κ3) is 4.51. The Morgan fingerprint density at radius 3 is 0.767 bits per heavy atom. The molecule has 0 fully saturated rings. The fourth-order valence-corrected chi connectivity index (χ4v) is 4.55. The lowest BCUT2D eigenvalue weighted by molar-refractivity contribution is 0.940. The van der Waals surface area contributed by atoms with Crippen LogP contribution in [0.25, 0.3) is 0 Å². The molecule has 0 radical (unpaired) electrons. The molecule has 0 aromatic heterocycles. The molecule has 0 heterocycles. The first kappa shape index (κ1) is 20.5. The Labute approximate surface area is 188 Å². The van der Waals surface area contributed by atoms with E-state index >= 15 is 0 Å². The molecule has 0 atom stereocenters. The molecule has 0 aliphatic carbocycles. The van der Waals surface area contributed by atoms with Crippen molar-refractivity contribution in [2.45, 2.75) is 11.8 Å². The highest BCUT2D eigenvalue weighted by atomic mass is 35.5. The third-order valence-electron chi connectivity index (χ3n) is 5.27. The zero-order valence-electron chi connectivity index (χ0n) is 16.5. The van der Waals surface area contributed by atoms with Crippen molar-refractivity contribution in [1.29, 1.82) is 0 Å². The summed E-state index contributed by atoms with van der Waals surface area (Å²) in [6.07, 6.45) is 0. The molecule has 4 rings (SSSR count). The number of hydrogen-bond acceptors (Lipinski definition) is 0. The van der Waals surface area contributed by atoms with E-state index < -0.39 is 0 Å². The van der Waals surface area contributed by atoms with Crippen LogP contribution in [0.1, 0.15) is 34.1 Å². The van der Waals surface area contributed by atoms with Crippen LogP contribution in [0.5, 0.6) is 0 Å². The van der Waals surface area contributed by atoms with Gasteiger partial charge in [-0.1, -0.05) is 145 Å². The normalized spacial score (nSPS) is 12.1. The Balaban J connectivity index is 1.88. The quantitative estimate of drug-likeness (QED) is 0.289. The Morgan fingerprint density at radius 1 is 0.367 bits per heavy atom. The maximum absolute atomic E-state index is 7.11. The van der Waals surface area contributed by atoms with Crippen LogP contribution >= 0.6 is 23.2 Å². The summed E-state index contributed by atoms with van der Waals surface area (Å²) >= 11 is 14.2. The van der Waals surface area contributed by atoms with E-state index in [0.717, 1.165) is 22.3 Å². The number of halogens is 2. The van der Waals surface area contributed by atoms with Crippen molar-refractivity contribution in [3.8, 4) is 0 Å². The second kappa shape index (κ2) is 9.80. The van der Waals surface area contributed by atoms with Gasteiger partial charge in [0.15, 0.2) is 0 Å². The zero-order valence-corrected chi connectivity index (χ0v) is 18.0. The Morgan fingerprint density at radius 2 is 0.567 bits per heavy atom. The monoisotopic (exact) mass is 428 g/mol. The van der Waals surface area contributed by atoms with Crippen molar-refractivity contribution in [2.75, 3.05) is 0 Å². The highest BCUT2D eigenvalue weighted by Crippen LogP contribution is 2.43. The molecule has 148 valence electrons. The Hall–Kier alpha value is -2.80. The van der Waals surface area contributed by atoms with Gasteiger partial charge in [0.25, 0.3) is 0 Å². The molecule has 0 bridgehead atoms. The van der Waals surface area contributed by atoms with Crippen molar-refractivity contribution in [3.05, 3.63) is 154 Å². The van der Waals surface area contributed by atoms with E-state index in [-0.39, 0.29) is 11.8 Å². The predicted molar refractivity (Wildman–Crippen MR) is 128 cm³/mol. The summed E-state index contributed by atoms with van der Waals surface area (Å²) in [5.74, 6) is -0.256. The number of hydrogen-bond donors (Lipinski definition) is 0. The molecule has 30 heavy (non-hydrogen) atoms. The van der Waals surface area contributed by atoms with Crippen molar-refractivity contribution >= 4 is 23.2 Å². The standard InChI is InChI=1S/C28H22Cl2/c29-27(25(21-13-5-1-6-14-21)22-15-7-2-8-16-22)28(30)26(23-17-9-3-10-18-23)24-19-11-4-12-20-24/h1-20,25-26H/b28-27+. The molecular weight excluding hydrogens is 407 g/mol. The van der Waals surface area contributed by atoms with Gasteiger partial charge in [0, 0.05) is 21.9 Å². The average molecular weight is 429 g/mol. The minimum Gasteiger partial charge on any atom is -0.0868 e. The molecule has 2 heteroatoms. The Bertz CT molecular complexity index is 918. The van der Waals surface area contributed by atoms with Gasteiger partial charge in [0.2, 0.25) is 0 Å². The molecule has 4 aromatic rings. The molecule has 0 amide bonds. The number of rotatable bonds is 6. The summed E-state index contributed by atoms with van der Waals surface area (Å²) < 4.78 is 0. The SMILES string of the molecule is Cl/C(=C(/Cl)C(c1ccccc1)c1ccccc1)C(c1ccccc1)c1ccccc1. The number of allylic oxidation sites excluding steroid dienone is 2. The summed E-state index contributed by atoms with van der Waals surface area (Å²) in [6.45, 7) is 0. The van der Waals surface area contributed by atoms with Crippen molar-refractivity contribution in [3.63, 3.8) is 0 Å². The number of benzene rings is 4. The average Bonchev–Trinajstić information content (AvgIpc) is 2.82. The first-order chi connectivity index (χ1) is 14.8. The van der Waals surface area contributed by atoms with E-state index in [0.29, 0.717) is 10.1 Å². The van der Waals surface area contributed by atoms with Crippen LogP contribution in [0.4, 0.5) is 0 Å². The second-order valence-corrected chi connectivity index (χ2v) is 8.02. The van der Waals surface area contributed by atoms with Gasteiger partial charge < -0.3 is 0 Å². The van der Waals surface area contributed by atoms with Gasteiger partial charge in [-0.15, -0.1) is 0 Å². The van der Waals surface area contributed by atoms with E-state index in [4.69, 9.17) is 23.2 Å². The predicted octanol–water partition coefficient (Wildman–Crippen LogP) is 8.34. The van der Waals surface area contributed by atoms with Crippen LogP contribution < -0.4 is 0 Å². The first-order valence-corrected chi connectivity index (χ1v) is 10.8. The summed E-state index contributed by atoms with van der Waals surface area (Å²) in [5.41, 5.74) is 4.47. The lowest BCUT2D eigenvalue weighted by atomic mass is 9.86. The molecule has 4 aromatic carbocycles. The third-order valence-corrected chi connectivity index (χ3v) is 6.21. The minimum atomic E-state index is -0.128. The summed E-state index contributed by atoms with van der Waals surface area (Å²) in [6, 6.07) is 41.2. The molecular formula is C28H22Cl2. The second-order valence-electron chi connectivity index (χ2n) is 7.20. The van der Waals surface area contributed by atoms with Gasteiger partial charge in [-0.05, 0) is 22.3 Å². The maximum Gasteiger partial charge on any atom is 0.0459 e. The molecule has 0 spiro atoms. The van der Waals surface area contributed by atoms with Gasteiger partial charge in [-0.2, -0.15) is 0 Å². The largest absolute Gasteiger partial charge is 0.0868 e. The van der Waals surface area contributed by atoms with E-state index in [1.165, 1.54) is 0 Å².